The van der Waals surface area contributed by atoms with Crippen molar-refractivity contribution >= 4 is 10.8 Å². The van der Waals surface area contributed by atoms with Gasteiger partial charge >= 0.3 is 0 Å². The Balaban J connectivity index is 1.22. The fourth-order valence-corrected chi connectivity index (χ4v) is 6.33. The standard InChI is InChI=1S/C29H39F3/c1-2-3-4-5-20-6-8-21(9-7-20)10-11-22-12-14-23(15-13-22)24-16-17-26-25(18-24)19-27(30)29(32)28(26)31/h16-23H,2-15H2,1H3. The van der Waals surface area contributed by atoms with E-state index in [1.54, 1.807) is 6.07 Å². The van der Waals surface area contributed by atoms with Crippen LogP contribution in [0.15, 0.2) is 24.3 Å². The molecule has 0 atom stereocenters. The van der Waals surface area contributed by atoms with Crippen LogP contribution in [0.3, 0.4) is 0 Å². The Bertz CT molecular complexity index is 874. The number of benzene rings is 2. The van der Waals surface area contributed by atoms with Crippen molar-refractivity contribution in [2.75, 3.05) is 0 Å². The summed E-state index contributed by atoms with van der Waals surface area (Å²) in [5, 5.41) is 0.632. The van der Waals surface area contributed by atoms with Gasteiger partial charge in [-0.15, -0.1) is 0 Å². The molecule has 2 aromatic carbocycles. The van der Waals surface area contributed by atoms with Gasteiger partial charge in [0.1, 0.15) is 0 Å². The zero-order valence-electron chi connectivity index (χ0n) is 19.7. The van der Waals surface area contributed by atoms with Gasteiger partial charge in [0.2, 0.25) is 0 Å². The summed E-state index contributed by atoms with van der Waals surface area (Å²) >= 11 is 0. The molecule has 2 fully saturated rings. The number of halogens is 3. The first-order valence-corrected chi connectivity index (χ1v) is 13.1. The maximum absolute atomic E-state index is 14.0. The molecule has 0 heterocycles. The molecule has 176 valence electrons. The van der Waals surface area contributed by atoms with Crippen molar-refractivity contribution in [1.29, 1.82) is 0 Å². The van der Waals surface area contributed by atoms with E-state index in [4.69, 9.17) is 0 Å². The Hall–Kier alpha value is -1.51. The minimum atomic E-state index is -1.38. The maximum atomic E-state index is 14.0. The molecule has 2 aromatic rings. The average Bonchev–Trinajstić information content (AvgIpc) is 2.82. The number of fused-ring (bicyclic) bond motifs is 1. The monoisotopic (exact) mass is 444 g/mol. The largest absolute Gasteiger partial charge is 0.204 e. The molecule has 0 N–H and O–H groups in total. The van der Waals surface area contributed by atoms with Crippen LogP contribution < -0.4 is 0 Å². The lowest BCUT2D eigenvalue weighted by atomic mass is 9.74. The second-order valence-corrected chi connectivity index (χ2v) is 10.6. The zero-order valence-corrected chi connectivity index (χ0v) is 19.7. The highest BCUT2D eigenvalue weighted by atomic mass is 19.2. The topological polar surface area (TPSA) is 0 Å². The molecule has 0 aliphatic heterocycles. The Labute approximate surface area is 192 Å². The number of hydrogen-bond acceptors (Lipinski definition) is 0. The molecule has 0 saturated heterocycles. The Morgan fingerprint density at radius 2 is 1.28 bits per heavy atom. The molecular weight excluding hydrogens is 405 g/mol. The van der Waals surface area contributed by atoms with Gasteiger partial charge in [-0.2, -0.15) is 0 Å². The highest BCUT2D eigenvalue weighted by Crippen LogP contribution is 2.41. The predicted molar refractivity (Wildman–Crippen MR) is 127 cm³/mol. The number of hydrogen-bond donors (Lipinski definition) is 0. The minimum absolute atomic E-state index is 0.168. The summed E-state index contributed by atoms with van der Waals surface area (Å²) in [6.07, 6.45) is 18.9. The van der Waals surface area contributed by atoms with Crippen LogP contribution >= 0.6 is 0 Å². The third-order valence-corrected chi connectivity index (χ3v) is 8.48. The van der Waals surface area contributed by atoms with Crippen LogP contribution in [0.25, 0.3) is 10.8 Å². The molecule has 0 bridgehead atoms. The van der Waals surface area contributed by atoms with Crippen LogP contribution in [0.5, 0.6) is 0 Å². The molecule has 2 saturated carbocycles. The average molecular weight is 445 g/mol. The third kappa shape index (κ3) is 5.69. The van der Waals surface area contributed by atoms with E-state index in [1.807, 2.05) is 12.1 Å². The molecule has 2 aliphatic carbocycles. The smallest absolute Gasteiger partial charge is 0.195 e. The van der Waals surface area contributed by atoms with Crippen LogP contribution in [-0.2, 0) is 0 Å². The van der Waals surface area contributed by atoms with Gasteiger partial charge in [0.05, 0.1) is 0 Å². The van der Waals surface area contributed by atoms with Gasteiger partial charge in [0, 0.05) is 5.39 Å². The van der Waals surface area contributed by atoms with E-state index < -0.39 is 17.5 Å². The van der Waals surface area contributed by atoms with E-state index in [1.165, 1.54) is 77.0 Å². The Morgan fingerprint density at radius 1 is 0.688 bits per heavy atom. The van der Waals surface area contributed by atoms with Crippen molar-refractivity contribution in [2.24, 2.45) is 17.8 Å². The van der Waals surface area contributed by atoms with Crippen molar-refractivity contribution in [2.45, 2.75) is 103 Å². The molecule has 0 radical (unpaired) electrons. The highest BCUT2D eigenvalue weighted by Gasteiger charge is 2.26. The lowest BCUT2D eigenvalue weighted by molar-refractivity contribution is 0.222. The Morgan fingerprint density at radius 3 is 1.91 bits per heavy atom. The van der Waals surface area contributed by atoms with Crippen LogP contribution in [0.2, 0.25) is 0 Å². The van der Waals surface area contributed by atoms with E-state index >= 15 is 0 Å². The van der Waals surface area contributed by atoms with Crippen LogP contribution in [0, 0.1) is 35.2 Å². The predicted octanol–water partition coefficient (Wildman–Crippen LogP) is 9.70. The SMILES string of the molecule is CCCCCC1CCC(CCC2CCC(c3ccc4c(F)c(F)c(F)cc4c3)CC2)CC1. The third-order valence-electron chi connectivity index (χ3n) is 8.48. The molecule has 0 nitrogen and oxygen atoms in total. The highest BCUT2D eigenvalue weighted by molar-refractivity contribution is 5.84. The minimum Gasteiger partial charge on any atom is -0.204 e. The summed E-state index contributed by atoms with van der Waals surface area (Å²) in [6.45, 7) is 2.29. The van der Waals surface area contributed by atoms with Gasteiger partial charge in [0.25, 0.3) is 0 Å². The molecule has 0 amide bonds. The fraction of sp³-hybridized carbons (Fsp3) is 0.655. The van der Waals surface area contributed by atoms with Crippen molar-refractivity contribution in [3.05, 3.63) is 47.3 Å². The molecule has 32 heavy (non-hydrogen) atoms. The summed E-state index contributed by atoms with van der Waals surface area (Å²) < 4.78 is 41.1. The second kappa shape index (κ2) is 11.1. The summed E-state index contributed by atoms with van der Waals surface area (Å²) in [4.78, 5) is 0. The molecule has 0 aromatic heterocycles. The van der Waals surface area contributed by atoms with Gasteiger partial charge < -0.3 is 0 Å². The quantitative estimate of drug-likeness (QED) is 0.281. The van der Waals surface area contributed by atoms with Crippen molar-refractivity contribution in [3.8, 4) is 0 Å². The van der Waals surface area contributed by atoms with Crippen LogP contribution in [-0.4, -0.2) is 0 Å². The van der Waals surface area contributed by atoms with E-state index in [9.17, 15) is 13.2 Å². The van der Waals surface area contributed by atoms with E-state index in [2.05, 4.69) is 6.92 Å². The Kier molecular flexibility index (Phi) is 8.18. The van der Waals surface area contributed by atoms with Gasteiger partial charge in [-0.25, -0.2) is 13.2 Å². The first kappa shape index (κ1) is 23.6. The summed E-state index contributed by atoms with van der Waals surface area (Å²) in [5.74, 6) is -0.343. The van der Waals surface area contributed by atoms with Gasteiger partial charge in [-0.1, -0.05) is 89.3 Å². The first-order chi connectivity index (χ1) is 15.5. The number of rotatable bonds is 8. The van der Waals surface area contributed by atoms with Crippen molar-refractivity contribution < 1.29 is 13.2 Å². The van der Waals surface area contributed by atoms with E-state index in [0.29, 0.717) is 11.3 Å². The summed E-state index contributed by atoms with van der Waals surface area (Å²) in [7, 11) is 0. The maximum Gasteiger partial charge on any atom is 0.195 e. The summed E-state index contributed by atoms with van der Waals surface area (Å²) in [5.41, 5.74) is 1.14. The lowest BCUT2D eigenvalue weighted by Gasteiger charge is -2.32. The molecule has 2 aliphatic rings. The van der Waals surface area contributed by atoms with Crippen LogP contribution in [0.1, 0.15) is 108 Å². The van der Waals surface area contributed by atoms with E-state index in [-0.39, 0.29) is 5.39 Å². The van der Waals surface area contributed by atoms with Crippen LogP contribution in [0.4, 0.5) is 13.2 Å². The van der Waals surface area contributed by atoms with Gasteiger partial charge in [-0.05, 0) is 66.4 Å². The lowest BCUT2D eigenvalue weighted by Crippen LogP contribution is -2.18. The van der Waals surface area contributed by atoms with Gasteiger partial charge in [-0.3, -0.25) is 0 Å². The molecule has 3 heteroatoms. The number of unbranched alkanes of at least 4 members (excludes halogenated alkanes) is 2. The van der Waals surface area contributed by atoms with Crippen molar-refractivity contribution in [3.63, 3.8) is 0 Å². The van der Waals surface area contributed by atoms with Crippen molar-refractivity contribution in [1.82, 2.24) is 0 Å². The zero-order chi connectivity index (χ0) is 22.5. The second-order valence-electron chi connectivity index (χ2n) is 10.6. The van der Waals surface area contributed by atoms with E-state index in [0.717, 1.165) is 42.2 Å². The molecule has 0 spiro atoms. The van der Waals surface area contributed by atoms with Gasteiger partial charge in [0.15, 0.2) is 17.5 Å². The molecular formula is C29H39F3. The normalized spacial score (nSPS) is 26.5. The molecule has 0 unspecified atom stereocenters. The fourth-order valence-electron chi connectivity index (χ4n) is 6.33. The first-order valence-electron chi connectivity index (χ1n) is 13.1. The molecule has 4 rings (SSSR count). The summed E-state index contributed by atoms with van der Waals surface area (Å²) in [6, 6.07) is 6.52.